The smallest absolute Gasteiger partial charge is 0.382 e. The second kappa shape index (κ2) is 3.90. The van der Waals surface area contributed by atoms with Crippen LogP contribution in [0.5, 0.6) is 0 Å². The van der Waals surface area contributed by atoms with Crippen molar-refractivity contribution in [3.05, 3.63) is 35.9 Å². The zero-order chi connectivity index (χ0) is 13.5. The molecular weight excluding hydrogens is 252 g/mol. The van der Waals surface area contributed by atoms with Crippen LogP contribution in [0.1, 0.15) is 5.56 Å². The van der Waals surface area contributed by atoms with Crippen LogP contribution in [0.15, 0.2) is 24.5 Å². The van der Waals surface area contributed by atoms with Crippen molar-refractivity contribution in [2.45, 2.75) is 6.18 Å². The number of benzene rings is 1. The molecule has 4 N–H and O–H groups in total. The molecule has 2 aromatic rings. The lowest BCUT2D eigenvalue weighted by molar-refractivity contribution is -0.139. The molecule has 2 rings (SSSR count). The fourth-order valence-corrected chi connectivity index (χ4v) is 1.48. The number of nitrogens with zero attached hydrogens (tertiary/aromatic N) is 2. The Kier molecular flexibility index (Phi) is 2.64. The molecule has 4 nitrogen and oxygen atoms in total. The number of anilines is 1. The normalized spacial score (nSPS) is 11.8. The van der Waals surface area contributed by atoms with Crippen LogP contribution in [0.3, 0.4) is 0 Å². The molecular formula is C10H8F4N4. The minimum atomic E-state index is -4.78. The highest BCUT2D eigenvalue weighted by Crippen LogP contribution is 2.34. The Morgan fingerprint density at radius 1 is 1.22 bits per heavy atom. The Morgan fingerprint density at radius 2 is 1.89 bits per heavy atom. The molecule has 0 aliphatic carbocycles. The van der Waals surface area contributed by atoms with E-state index in [1.54, 1.807) is 0 Å². The molecule has 0 aliphatic rings. The Balaban J connectivity index is 2.58. The summed E-state index contributed by atoms with van der Waals surface area (Å²) < 4.78 is 51.6. The summed E-state index contributed by atoms with van der Waals surface area (Å²) >= 11 is 0. The molecule has 1 aromatic heterocycles. The minimum absolute atomic E-state index is 0.00488. The zero-order valence-electron chi connectivity index (χ0n) is 8.87. The van der Waals surface area contributed by atoms with Crippen LogP contribution in [0.2, 0.25) is 0 Å². The van der Waals surface area contributed by atoms with Gasteiger partial charge in [-0.2, -0.15) is 13.2 Å². The standard InChI is InChI=1S/C10H8F4N4/c11-7-2-1-5(3-6(7)10(12,13)14)8-9(15)18(16)4-17-8/h1-4H,15-16H2. The summed E-state index contributed by atoms with van der Waals surface area (Å²) in [5.41, 5.74) is 4.28. The van der Waals surface area contributed by atoms with Crippen LogP contribution < -0.4 is 11.6 Å². The first-order chi connectivity index (χ1) is 8.30. The number of aromatic nitrogens is 2. The van der Waals surface area contributed by atoms with E-state index < -0.39 is 17.6 Å². The summed E-state index contributed by atoms with van der Waals surface area (Å²) in [6.45, 7) is 0. The zero-order valence-corrected chi connectivity index (χ0v) is 8.87. The van der Waals surface area contributed by atoms with Crippen molar-refractivity contribution in [1.29, 1.82) is 0 Å². The van der Waals surface area contributed by atoms with Crippen molar-refractivity contribution >= 4 is 5.82 Å². The Labute approximate surface area is 98.8 Å². The van der Waals surface area contributed by atoms with Gasteiger partial charge in [-0.3, -0.25) is 0 Å². The summed E-state index contributed by atoms with van der Waals surface area (Å²) in [6.07, 6.45) is -3.62. The van der Waals surface area contributed by atoms with Crippen molar-refractivity contribution < 1.29 is 17.6 Å². The predicted molar refractivity (Wildman–Crippen MR) is 57.2 cm³/mol. The summed E-state index contributed by atoms with van der Waals surface area (Å²) in [5, 5.41) is 0. The van der Waals surface area contributed by atoms with E-state index >= 15 is 0 Å². The molecule has 0 spiro atoms. The summed E-state index contributed by atoms with van der Waals surface area (Å²) in [6, 6.07) is 2.52. The van der Waals surface area contributed by atoms with E-state index in [1.165, 1.54) is 0 Å². The van der Waals surface area contributed by atoms with Gasteiger partial charge >= 0.3 is 6.18 Å². The maximum atomic E-state index is 13.1. The van der Waals surface area contributed by atoms with Gasteiger partial charge in [0.25, 0.3) is 0 Å². The maximum Gasteiger partial charge on any atom is 0.419 e. The highest BCUT2D eigenvalue weighted by Gasteiger charge is 2.34. The highest BCUT2D eigenvalue weighted by molar-refractivity contribution is 5.71. The molecule has 1 heterocycles. The first-order valence-corrected chi connectivity index (χ1v) is 4.75. The molecule has 0 fully saturated rings. The van der Waals surface area contributed by atoms with Gasteiger partial charge in [0.15, 0.2) is 0 Å². The quantitative estimate of drug-likeness (QED) is 0.608. The molecule has 1 aromatic carbocycles. The number of rotatable bonds is 1. The molecule has 0 bridgehead atoms. The first kappa shape index (κ1) is 12.2. The Morgan fingerprint density at radius 3 is 2.39 bits per heavy atom. The molecule has 0 saturated heterocycles. The molecule has 0 atom stereocenters. The number of alkyl halides is 3. The number of nitrogen functional groups attached to an aromatic ring is 2. The van der Waals surface area contributed by atoms with Gasteiger partial charge in [0.2, 0.25) is 0 Å². The van der Waals surface area contributed by atoms with Crippen molar-refractivity contribution in [3.8, 4) is 11.3 Å². The van der Waals surface area contributed by atoms with Gasteiger partial charge in [-0.25, -0.2) is 14.1 Å². The summed E-state index contributed by atoms with van der Waals surface area (Å²) in [4.78, 5) is 3.76. The molecule has 0 aliphatic heterocycles. The molecule has 0 saturated carbocycles. The summed E-state index contributed by atoms with van der Waals surface area (Å²) in [7, 11) is 0. The van der Waals surface area contributed by atoms with Crippen LogP contribution in [0.25, 0.3) is 11.3 Å². The third-order valence-corrected chi connectivity index (χ3v) is 2.38. The Bertz CT molecular complexity index is 588. The fourth-order valence-electron chi connectivity index (χ4n) is 1.48. The van der Waals surface area contributed by atoms with E-state index in [2.05, 4.69) is 4.98 Å². The van der Waals surface area contributed by atoms with E-state index in [4.69, 9.17) is 11.6 Å². The fraction of sp³-hybridized carbons (Fsp3) is 0.100. The number of halogens is 4. The first-order valence-electron chi connectivity index (χ1n) is 4.75. The predicted octanol–water partition coefficient (Wildman–Crippen LogP) is 2.00. The van der Waals surface area contributed by atoms with E-state index in [0.717, 1.165) is 17.1 Å². The van der Waals surface area contributed by atoms with Crippen molar-refractivity contribution in [2.24, 2.45) is 0 Å². The van der Waals surface area contributed by atoms with Gasteiger partial charge in [-0.05, 0) is 18.2 Å². The molecule has 8 heteroatoms. The van der Waals surface area contributed by atoms with Gasteiger partial charge in [-0.15, -0.1) is 0 Å². The van der Waals surface area contributed by atoms with Gasteiger partial charge in [-0.1, -0.05) is 0 Å². The second-order valence-electron chi connectivity index (χ2n) is 3.58. The third kappa shape index (κ3) is 1.96. The SMILES string of the molecule is Nc1c(-c2ccc(F)c(C(F)(F)F)c2)ncn1N. The van der Waals surface area contributed by atoms with Gasteiger partial charge in [0.05, 0.1) is 5.56 Å². The topological polar surface area (TPSA) is 69.9 Å². The van der Waals surface area contributed by atoms with Gasteiger partial charge in [0, 0.05) is 5.56 Å². The number of hydrogen-bond donors (Lipinski definition) is 2. The van der Waals surface area contributed by atoms with Gasteiger partial charge < -0.3 is 11.6 Å². The van der Waals surface area contributed by atoms with E-state index in [-0.39, 0.29) is 17.1 Å². The third-order valence-electron chi connectivity index (χ3n) is 2.38. The second-order valence-corrected chi connectivity index (χ2v) is 3.58. The average molecular weight is 260 g/mol. The molecule has 18 heavy (non-hydrogen) atoms. The lowest BCUT2D eigenvalue weighted by atomic mass is 10.1. The van der Waals surface area contributed by atoms with Crippen LogP contribution in [0, 0.1) is 5.82 Å². The lowest BCUT2D eigenvalue weighted by Crippen LogP contribution is -2.10. The van der Waals surface area contributed by atoms with Crippen LogP contribution in [-0.2, 0) is 6.18 Å². The van der Waals surface area contributed by atoms with Crippen molar-refractivity contribution in [1.82, 2.24) is 9.66 Å². The van der Waals surface area contributed by atoms with Crippen molar-refractivity contribution in [3.63, 3.8) is 0 Å². The largest absolute Gasteiger partial charge is 0.419 e. The van der Waals surface area contributed by atoms with Gasteiger partial charge in [0.1, 0.15) is 23.7 Å². The Hall–Kier alpha value is -2.25. The van der Waals surface area contributed by atoms with E-state index in [1.807, 2.05) is 0 Å². The van der Waals surface area contributed by atoms with Crippen LogP contribution in [0.4, 0.5) is 23.4 Å². The highest BCUT2D eigenvalue weighted by atomic mass is 19.4. The maximum absolute atomic E-state index is 13.1. The summed E-state index contributed by atoms with van der Waals surface area (Å²) in [5.74, 6) is 4.01. The lowest BCUT2D eigenvalue weighted by Gasteiger charge is -2.09. The number of nitrogens with two attached hydrogens (primary N) is 2. The number of hydrogen-bond acceptors (Lipinski definition) is 3. The average Bonchev–Trinajstić information content (AvgIpc) is 2.59. The van der Waals surface area contributed by atoms with Crippen LogP contribution in [-0.4, -0.2) is 9.66 Å². The molecule has 96 valence electrons. The monoisotopic (exact) mass is 260 g/mol. The molecule has 0 radical (unpaired) electrons. The van der Waals surface area contributed by atoms with Crippen LogP contribution >= 0.6 is 0 Å². The molecule has 0 amide bonds. The van der Waals surface area contributed by atoms with Crippen molar-refractivity contribution in [2.75, 3.05) is 11.6 Å². The minimum Gasteiger partial charge on any atom is -0.382 e. The van der Waals surface area contributed by atoms with E-state index in [9.17, 15) is 17.6 Å². The van der Waals surface area contributed by atoms with E-state index in [0.29, 0.717) is 12.1 Å². The number of imidazole rings is 1. The molecule has 0 unspecified atom stereocenters.